The Balaban J connectivity index is 0.00000144. The van der Waals surface area contributed by atoms with E-state index in [1.165, 1.54) is 0 Å². The topological polar surface area (TPSA) is 46.2 Å². The van der Waals surface area contributed by atoms with Gasteiger partial charge in [0.2, 0.25) is 11.8 Å². The fourth-order valence-corrected chi connectivity index (χ4v) is 1.33. The fraction of sp³-hybridized carbons (Fsp3) is 0.556. The van der Waals surface area contributed by atoms with E-state index in [9.17, 15) is 9.59 Å². The molecule has 0 aromatic heterocycles. The first-order chi connectivity index (χ1) is 5.66. The van der Waals surface area contributed by atoms with Crippen molar-refractivity contribution in [2.45, 2.75) is 20.3 Å². The van der Waals surface area contributed by atoms with Gasteiger partial charge in [0.15, 0.2) is 0 Å². The summed E-state index contributed by atoms with van der Waals surface area (Å²) in [4.78, 5) is 22.1. The summed E-state index contributed by atoms with van der Waals surface area (Å²) >= 11 is 0. The maximum atomic E-state index is 11.1. The number of hydrogen-bond acceptors (Lipinski definition) is 2. The Bertz CT molecular complexity index is 238. The van der Waals surface area contributed by atoms with Gasteiger partial charge in [-0.15, -0.1) is 0 Å². The summed E-state index contributed by atoms with van der Waals surface area (Å²) in [7, 11) is 0. The van der Waals surface area contributed by atoms with Crippen LogP contribution in [-0.4, -0.2) is 41.4 Å². The first kappa shape index (κ1) is 12.9. The van der Waals surface area contributed by atoms with Crippen LogP contribution in [0.1, 0.15) is 20.3 Å². The van der Waals surface area contributed by atoms with Crippen molar-refractivity contribution in [3.8, 4) is 0 Å². The van der Waals surface area contributed by atoms with Crippen LogP contribution < -0.4 is 5.32 Å². The molecule has 0 spiro atoms. The molecule has 2 unspecified atom stereocenters. The molecule has 1 N–H and O–H groups in total. The van der Waals surface area contributed by atoms with E-state index < -0.39 is 0 Å². The second-order valence-corrected chi connectivity index (χ2v) is 3.05. The Labute approximate surface area is 100 Å². The summed E-state index contributed by atoms with van der Waals surface area (Å²) in [5.41, 5.74) is 0. The molecular weight excluding hydrogens is 177 g/mol. The molecule has 1 fully saturated rings. The van der Waals surface area contributed by atoms with Crippen LogP contribution in [-0.2, 0) is 9.59 Å². The number of carbonyl (C=O) groups excluding carboxylic acids is 2. The van der Waals surface area contributed by atoms with E-state index >= 15 is 0 Å². The molecule has 1 saturated heterocycles. The molecule has 3 nitrogen and oxygen atoms in total. The third-order valence-corrected chi connectivity index (χ3v) is 2.23. The van der Waals surface area contributed by atoms with Crippen LogP contribution in [0, 0.1) is 11.8 Å². The van der Waals surface area contributed by atoms with E-state index in [0.717, 1.165) is 0 Å². The normalized spacial score (nSPS) is 27.5. The summed E-state index contributed by atoms with van der Waals surface area (Å²) < 4.78 is 0. The molecular formula is C9H13NNaO2. The minimum atomic E-state index is -0.173. The average molecular weight is 190 g/mol. The van der Waals surface area contributed by atoms with Gasteiger partial charge in [0.25, 0.3) is 0 Å². The molecule has 1 aliphatic rings. The zero-order chi connectivity index (χ0) is 9.14. The number of hydrogen-bond donors (Lipinski definition) is 1. The molecule has 1 rings (SSSR count). The van der Waals surface area contributed by atoms with Crippen molar-refractivity contribution in [1.29, 1.82) is 0 Å². The maximum Gasteiger partial charge on any atom is 0.230 e. The monoisotopic (exact) mass is 190 g/mol. The number of carbonyl (C=O) groups is 2. The van der Waals surface area contributed by atoms with E-state index in [1.807, 2.05) is 19.1 Å². The quantitative estimate of drug-likeness (QED) is 0.391. The van der Waals surface area contributed by atoms with Crippen LogP contribution in [0.4, 0.5) is 0 Å². The van der Waals surface area contributed by atoms with Gasteiger partial charge >= 0.3 is 0 Å². The number of imide groups is 1. The molecule has 2 atom stereocenters. The molecule has 1 aliphatic heterocycles. The predicted molar refractivity (Wildman–Crippen MR) is 51.0 cm³/mol. The van der Waals surface area contributed by atoms with Crippen molar-refractivity contribution in [2.75, 3.05) is 0 Å². The standard InChI is InChI=1S/C9H13NO2.Na/c1-3-4-5-7-6(2)8(11)10-9(7)12;/h3-4,6-7H,5H2,1-2H3,(H,10,11,12);. The molecule has 0 saturated carbocycles. The second-order valence-electron chi connectivity index (χ2n) is 3.05. The van der Waals surface area contributed by atoms with Crippen LogP contribution in [0.5, 0.6) is 0 Å². The zero-order valence-corrected chi connectivity index (χ0v) is 10.3. The third-order valence-electron chi connectivity index (χ3n) is 2.23. The molecule has 0 aromatic carbocycles. The first-order valence-electron chi connectivity index (χ1n) is 4.12. The Morgan fingerprint density at radius 3 is 2.38 bits per heavy atom. The summed E-state index contributed by atoms with van der Waals surface area (Å²) in [5.74, 6) is -0.609. The Morgan fingerprint density at radius 2 is 2.00 bits per heavy atom. The number of nitrogens with one attached hydrogen (secondary N) is 1. The summed E-state index contributed by atoms with van der Waals surface area (Å²) in [6, 6.07) is 0. The first-order valence-corrected chi connectivity index (χ1v) is 4.12. The Morgan fingerprint density at radius 1 is 1.38 bits per heavy atom. The van der Waals surface area contributed by atoms with Gasteiger partial charge in [0.1, 0.15) is 0 Å². The van der Waals surface area contributed by atoms with Crippen LogP contribution >= 0.6 is 0 Å². The molecule has 2 amide bonds. The van der Waals surface area contributed by atoms with Crippen molar-refractivity contribution in [1.82, 2.24) is 5.32 Å². The Hall–Kier alpha value is -0.120. The summed E-state index contributed by atoms with van der Waals surface area (Å²) in [6.45, 7) is 3.69. The predicted octanol–water partition coefficient (Wildman–Crippen LogP) is 0.480. The van der Waals surface area contributed by atoms with Crippen molar-refractivity contribution in [2.24, 2.45) is 11.8 Å². The van der Waals surface area contributed by atoms with Crippen molar-refractivity contribution < 1.29 is 9.59 Å². The van der Waals surface area contributed by atoms with Crippen LogP contribution in [0.25, 0.3) is 0 Å². The maximum absolute atomic E-state index is 11.1. The minimum Gasteiger partial charge on any atom is -0.296 e. The molecule has 1 heterocycles. The number of allylic oxidation sites excluding steroid dienone is 2. The van der Waals surface area contributed by atoms with Gasteiger partial charge in [-0.25, -0.2) is 0 Å². The summed E-state index contributed by atoms with van der Waals surface area (Å²) in [6.07, 6.45) is 4.47. The van der Waals surface area contributed by atoms with Gasteiger partial charge in [-0.1, -0.05) is 19.1 Å². The molecule has 0 aliphatic carbocycles. The Kier molecular flexibility index (Phi) is 5.53. The van der Waals surface area contributed by atoms with Gasteiger partial charge in [-0.05, 0) is 13.3 Å². The van der Waals surface area contributed by atoms with Crippen molar-refractivity contribution >= 4 is 41.4 Å². The summed E-state index contributed by atoms with van der Waals surface area (Å²) in [5, 5.41) is 2.31. The van der Waals surface area contributed by atoms with Gasteiger partial charge in [0.05, 0.1) is 5.92 Å². The smallest absolute Gasteiger partial charge is 0.230 e. The van der Waals surface area contributed by atoms with E-state index in [0.29, 0.717) is 6.42 Å². The van der Waals surface area contributed by atoms with E-state index in [1.54, 1.807) is 6.92 Å². The molecule has 67 valence electrons. The number of rotatable bonds is 2. The average Bonchev–Trinajstić information content (AvgIpc) is 2.25. The van der Waals surface area contributed by atoms with E-state index in [2.05, 4.69) is 5.32 Å². The molecule has 4 heteroatoms. The van der Waals surface area contributed by atoms with Gasteiger partial charge < -0.3 is 0 Å². The minimum absolute atomic E-state index is 0. The zero-order valence-electron chi connectivity index (χ0n) is 8.33. The molecule has 1 radical (unpaired) electrons. The van der Waals surface area contributed by atoms with E-state index in [-0.39, 0.29) is 53.2 Å². The number of amides is 2. The SMILES string of the molecule is CC=CCC1C(=O)NC(=O)C1C.[Na]. The van der Waals surface area contributed by atoms with Crippen LogP contribution in [0.2, 0.25) is 0 Å². The molecule has 0 bridgehead atoms. The van der Waals surface area contributed by atoms with Crippen molar-refractivity contribution in [3.05, 3.63) is 12.2 Å². The second kappa shape index (κ2) is 5.58. The van der Waals surface area contributed by atoms with Crippen molar-refractivity contribution in [3.63, 3.8) is 0 Å². The molecule has 0 aromatic rings. The van der Waals surface area contributed by atoms with Crippen LogP contribution in [0.3, 0.4) is 0 Å². The fourth-order valence-electron chi connectivity index (χ4n) is 1.33. The van der Waals surface area contributed by atoms with E-state index in [4.69, 9.17) is 0 Å². The third kappa shape index (κ3) is 2.93. The largest absolute Gasteiger partial charge is 0.296 e. The molecule has 13 heavy (non-hydrogen) atoms. The van der Waals surface area contributed by atoms with Gasteiger partial charge in [-0.2, -0.15) is 0 Å². The van der Waals surface area contributed by atoms with Crippen LogP contribution in [0.15, 0.2) is 12.2 Å². The van der Waals surface area contributed by atoms with Gasteiger partial charge in [-0.3, -0.25) is 14.9 Å². The van der Waals surface area contributed by atoms with Gasteiger partial charge in [0, 0.05) is 35.5 Å².